The number of hydrogen-bond acceptors (Lipinski definition) is 2. The molecule has 0 fully saturated rings. The number of carboxylic acids is 1. The van der Waals surface area contributed by atoms with Gasteiger partial charge in [-0.1, -0.05) is 6.92 Å². The smallest absolute Gasteiger partial charge is 0.326 e. The van der Waals surface area contributed by atoms with Crippen LogP contribution in [0.1, 0.15) is 23.7 Å². The minimum atomic E-state index is -1.77. The van der Waals surface area contributed by atoms with Crippen molar-refractivity contribution in [1.82, 2.24) is 5.32 Å². The Morgan fingerprint density at radius 2 is 1.89 bits per heavy atom. The third-order valence-electron chi connectivity index (χ3n) is 2.29. The second-order valence-electron chi connectivity index (χ2n) is 3.50. The molecule has 1 aromatic rings. The molecule has 0 aromatic heterocycles. The summed E-state index contributed by atoms with van der Waals surface area (Å²) in [5.41, 5.74) is -0.742. The van der Waals surface area contributed by atoms with E-state index in [-0.39, 0.29) is 6.42 Å². The Morgan fingerprint density at radius 1 is 1.28 bits per heavy atom. The average molecular weight is 261 g/mol. The van der Waals surface area contributed by atoms with E-state index >= 15 is 0 Å². The van der Waals surface area contributed by atoms with Crippen LogP contribution in [0.25, 0.3) is 0 Å². The first kappa shape index (κ1) is 14.0. The summed E-state index contributed by atoms with van der Waals surface area (Å²) >= 11 is 0. The third-order valence-corrected chi connectivity index (χ3v) is 2.29. The van der Waals surface area contributed by atoms with E-state index in [2.05, 4.69) is 0 Å². The van der Waals surface area contributed by atoms with Gasteiger partial charge < -0.3 is 10.4 Å². The van der Waals surface area contributed by atoms with Gasteiger partial charge in [-0.3, -0.25) is 4.79 Å². The molecule has 0 spiro atoms. The largest absolute Gasteiger partial charge is 0.480 e. The van der Waals surface area contributed by atoms with Crippen LogP contribution in [0.15, 0.2) is 12.1 Å². The highest BCUT2D eigenvalue weighted by Gasteiger charge is 2.23. The van der Waals surface area contributed by atoms with E-state index in [1.165, 1.54) is 6.92 Å². The van der Waals surface area contributed by atoms with Crippen molar-refractivity contribution < 1.29 is 27.9 Å². The van der Waals surface area contributed by atoms with Gasteiger partial charge in [0.15, 0.2) is 17.5 Å². The van der Waals surface area contributed by atoms with Gasteiger partial charge in [-0.2, -0.15) is 0 Å². The van der Waals surface area contributed by atoms with Gasteiger partial charge in [-0.25, -0.2) is 18.0 Å². The summed E-state index contributed by atoms with van der Waals surface area (Å²) in [4.78, 5) is 22.2. The minimum Gasteiger partial charge on any atom is -0.480 e. The van der Waals surface area contributed by atoms with E-state index in [4.69, 9.17) is 5.11 Å². The maximum atomic E-state index is 13.2. The summed E-state index contributed by atoms with van der Waals surface area (Å²) in [5.74, 6) is -7.25. The van der Waals surface area contributed by atoms with Crippen LogP contribution in [0.2, 0.25) is 0 Å². The minimum absolute atomic E-state index is 0.0758. The van der Waals surface area contributed by atoms with E-state index in [0.29, 0.717) is 6.07 Å². The summed E-state index contributed by atoms with van der Waals surface area (Å²) in [7, 11) is 0. The number of nitrogens with one attached hydrogen (secondary N) is 1. The van der Waals surface area contributed by atoms with Gasteiger partial charge in [0, 0.05) is 0 Å². The summed E-state index contributed by atoms with van der Waals surface area (Å²) < 4.78 is 38.8. The molecule has 18 heavy (non-hydrogen) atoms. The van der Waals surface area contributed by atoms with Crippen molar-refractivity contribution in [2.24, 2.45) is 0 Å². The van der Waals surface area contributed by atoms with Crippen molar-refractivity contribution in [3.05, 3.63) is 35.1 Å². The van der Waals surface area contributed by atoms with E-state index < -0.39 is 40.9 Å². The number of benzene rings is 1. The molecule has 0 saturated carbocycles. The van der Waals surface area contributed by atoms with Crippen LogP contribution in [0.3, 0.4) is 0 Å². The predicted molar refractivity (Wildman–Crippen MR) is 55.5 cm³/mol. The lowest BCUT2D eigenvalue weighted by molar-refractivity contribution is -0.139. The molecule has 0 aliphatic rings. The number of carboxylic acid groups (broad SMARTS) is 1. The molecule has 1 aromatic carbocycles. The van der Waals surface area contributed by atoms with Crippen molar-refractivity contribution in [1.29, 1.82) is 0 Å². The fourth-order valence-electron chi connectivity index (χ4n) is 1.28. The van der Waals surface area contributed by atoms with Crippen LogP contribution in [0.4, 0.5) is 13.2 Å². The molecule has 1 unspecified atom stereocenters. The van der Waals surface area contributed by atoms with E-state index in [1.807, 2.05) is 5.32 Å². The normalized spacial score (nSPS) is 12.0. The number of carbonyl (C=O) groups excluding carboxylic acids is 1. The lowest BCUT2D eigenvalue weighted by Gasteiger charge is -2.12. The highest BCUT2D eigenvalue weighted by molar-refractivity contribution is 5.96. The van der Waals surface area contributed by atoms with Gasteiger partial charge in [0.1, 0.15) is 6.04 Å². The number of halogens is 3. The van der Waals surface area contributed by atoms with Gasteiger partial charge in [-0.15, -0.1) is 0 Å². The Hall–Kier alpha value is -2.05. The number of carbonyl (C=O) groups is 2. The fraction of sp³-hybridized carbons (Fsp3) is 0.273. The van der Waals surface area contributed by atoms with Crippen molar-refractivity contribution >= 4 is 11.9 Å². The Morgan fingerprint density at radius 3 is 2.39 bits per heavy atom. The SMILES string of the molecule is CCC(NC(=O)c1ccc(F)c(F)c1F)C(=O)O. The van der Waals surface area contributed by atoms with Crippen molar-refractivity contribution in [3.63, 3.8) is 0 Å². The van der Waals surface area contributed by atoms with Gasteiger partial charge in [0.25, 0.3) is 5.91 Å². The lowest BCUT2D eigenvalue weighted by atomic mass is 10.1. The van der Waals surface area contributed by atoms with Gasteiger partial charge >= 0.3 is 5.97 Å². The summed E-state index contributed by atoms with van der Waals surface area (Å²) in [6, 6.07) is 0.122. The number of amides is 1. The van der Waals surface area contributed by atoms with Crippen LogP contribution in [-0.4, -0.2) is 23.0 Å². The van der Waals surface area contributed by atoms with E-state index in [9.17, 15) is 22.8 Å². The third kappa shape index (κ3) is 2.79. The Balaban J connectivity index is 2.98. The van der Waals surface area contributed by atoms with E-state index in [0.717, 1.165) is 6.07 Å². The maximum absolute atomic E-state index is 13.2. The molecule has 1 amide bonds. The molecule has 0 aliphatic heterocycles. The van der Waals surface area contributed by atoms with Gasteiger partial charge in [0.2, 0.25) is 0 Å². The molecule has 0 radical (unpaired) electrons. The first-order chi connectivity index (χ1) is 8.38. The standard InChI is InChI=1S/C11H10F3NO3/c1-2-7(11(17)18)15-10(16)5-3-4-6(12)9(14)8(5)13/h3-4,7H,2H2,1H3,(H,15,16)(H,17,18). The maximum Gasteiger partial charge on any atom is 0.326 e. The molecule has 98 valence electrons. The molecule has 2 N–H and O–H groups in total. The lowest BCUT2D eigenvalue weighted by Crippen LogP contribution is -2.40. The Labute approximate surface area is 100 Å². The summed E-state index contributed by atoms with van der Waals surface area (Å²) in [6.07, 6.45) is 0.0758. The van der Waals surface area contributed by atoms with Crippen molar-refractivity contribution in [2.75, 3.05) is 0 Å². The highest BCUT2D eigenvalue weighted by Crippen LogP contribution is 2.15. The molecule has 4 nitrogen and oxygen atoms in total. The fourth-order valence-corrected chi connectivity index (χ4v) is 1.28. The average Bonchev–Trinajstić information content (AvgIpc) is 2.32. The summed E-state index contributed by atoms with van der Waals surface area (Å²) in [5, 5.41) is 10.7. The van der Waals surface area contributed by atoms with Gasteiger partial charge in [-0.05, 0) is 18.6 Å². The van der Waals surface area contributed by atoms with Crippen LogP contribution < -0.4 is 5.32 Å². The second kappa shape index (κ2) is 5.52. The van der Waals surface area contributed by atoms with Crippen LogP contribution in [0.5, 0.6) is 0 Å². The molecule has 0 bridgehead atoms. The van der Waals surface area contributed by atoms with Gasteiger partial charge in [0.05, 0.1) is 5.56 Å². The van der Waals surface area contributed by atoms with Crippen LogP contribution in [-0.2, 0) is 4.79 Å². The molecule has 7 heteroatoms. The van der Waals surface area contributed by atoms with Crippen molar-refractivity contribution in [3.8, 4) is 0 Å². The monoisotopic (exact) mass is 261 g/mol. The van der Waals surface area contributed by atoms with E-state index in [1.54, 1.807) is 0 Å². The first-order valence-electron chi connectivity index (χ1n) is 5.05. The molecule has 1 atom stereocenters. The second-order valence-corrected chi connectivity index (χ2v) is 3.50. The van der Waals surface area contributed by atoms with Crippen LogP contribution in [0, 0.1) is 17.5 Å². The Bertz CT molecular complexity index is 491. The number of hydrogen-bond donors (Lipinski definition) is 2. The molecular formula is C11H10F3NO3. The Kier molecular flexibility index (Phi) is 4.30. The topological polar surface area (TPSA) is 66.4 Å². The molecule has 0 aliphatic carbocycles. The summed E-state index contributed by atoms with van der Waals surface area (Å²) in [6.45, 7) is 1.50. The highest BCUT2D eigenvalue weighted by atomic mass is 19.2. The molecular weight excluding hydrogens is 251 g/mol. The van der Waals surface area contributed by atoms with Crippen LogP contribution >= 0.6 is 0 Å². The zero-order chi connectivity index (χ0) is 13.9. The predicted octanol–water partition coefficient (Wildman–Crippen LogP) is 1.70. The number of aliphatic carboxylic acids is 1. The number of rotatable bonds is 4. The zero-order valence-corrected chi connectivity index (χ0v) is 9.34. The first-order valence-corrected chi connectivity index (χ1v) is 5.05. The molecule has 0 heterocycles. The quantitative estimate of drug-likeness (QED) is 0.810. The molecule has 1 rings (SSSR count). The molecule has 0 saturated heterocycles. The zero-order valence-electron chi connectivity index (χ0n) is 9.34. The van der Waals surface area contributed by atoms with Crippen molar-refractivity contribution in [2.45, 2.75) is 19.4 Å².